The van der Waals surface area contributed by atoms with Crippen LogP contribution >= 0.6 is 0 Å². The Kier molecular flexibility index (Phi) is 4.70. The molecule has 0 spiro atoms. The molecule has 4 nitrogen and oxygen atoms in total. The van der Waals surface area contributed by atoms with Gasteiger partial charge >= 0.3 is 5.92 Å². The highest BCUT2D eigenvalue weighted by atomic mass is 32.2. The molecular formula is C22H18F2N2O2S. The summed E-state index contributed by atoms with van der Waals surface area (Å²) in [5.41, 5.74) is 2.13. The summed E-state index contributed by atoms with van der Waals surface area (Å²) in [6, 6.07) is 19.7. The van der Waals surface area contributed by atoms with E-state index >= 15 is 8.78 Å². The topological polar surface area (TPSA) is 62.8 Å². The van der Waals surface area contributed by atoms with Gasteiger partial charge in [-0.2, -0.15) is 8.78 Å². The molecule has 0 aliphatic heterocycles. The van der Waals surface area contributed by atoms with Crippen molar-refractivity contribution < 1.29 is 17.2 Å². The van der Waals surface area contributed by atoms with Crippen LogP contribution in [-0.2, 0) is 15.8 Å². The fraction of sp³-hybridized carbons (Fsp3) is 0.136. The van der Waals surface area contributed by atoms with E-state index in [0.29, 0.717) is 0 Å². The molecular weight excluding hydrogens is 394 g/mol. The van der Waals surface area contributed by atoms with Crippen molar-refractivity contribution in [3.8, 4) is 11.1 Å². The van der Waals surface area contributed by atoms with Gasteiger partial charge in [0, 0.05) is 5.56 Å². The highest BCUT2D eigenvalue weighted by Crippen LogP contribution is 2.36. The fourth-order valence-corrected chi connectivity index (χ4v) is 4.04. The first-order chi connectivity index (χ1) is 13.8. The van der Waals surface area contributed by atoms with E-state index in [9.17, 15) is 8.42 Å². The lowest BCUT2D eigenvalue weighted by molar-refractivity contribution is 0.0341. The van der Waals surface area contributed by atoms with Crippen LogP contribution in [0.25, 0.3) is 22.2 Å². The SMILES string of the molecule is CCS(=O)(=O)c1ccc2nc(C(F)(F)c3ccc(-c4ccccc4)cc3)[nH]c2c1. The summed E-state index contributed by atoms with van der Waals surface area (Å²) < 4.78 is 54.2. The largest absolute Gasteiger partial charge is 0.337 e. The van der Waals surface area contributed by atoms with Gasteiger partial charge in [0.25, 0.3) is 0 Å². The van der Waals surface area contributed by atoms with Gasteiger partial charge in [-0.05, 0) is 29.3 Å². The minimum absolute atomic E-state index is 0.0660. The first kappa shape index (κ1) is 19.3. The third kappa shape index (κ3) is 3.53. The molecule has 0 saturated heterocycles. The third-order valence-corrected chi connectivity index (χ3v) is 6.58. The maximum Gasteiger partial charge on any atom is 0.329 e. The summed E-state index contributed by atoms with van der Waals surface area (Å²) in [6.07, 6.45) is 0. The number of benzene rings is 3. The smallest absolute Gasteiger partial charge is 0.329 e. The molecule has 0 radical (unpaired) electrons. The van der Waals surface area contributed by atoms with E-state index in [1.165, 1.54) is 37.3 Å². The molecule has 4 aromatic rings. The lowest BCUT2D eigenvalue weighted by Crippen LogP contribution is -2.17. The van der Waals surface area contributed by atoms with Crippen LogP contribution in [0.3, 0.4) is 0 Å². The van der Waals surface area contributed by atoms with Gasteiger partial charge in [-0.25, -0.2) is 13.4 Å². The summed E-state index contributed by atoms with van der Waals surface area (Å²) in [5, 5.41) is 0. The number of H-pyrrole nitrogens is 1. The van der Waals surface area contributed by atoms with Crippen molar-refractivity contribution in [2.75, 3.05) is 5.75 Å². The zero-order valence-corrected chi connectivity index (χ0v) is 16.4. The summed E-state index contributed by atoms with van der Waals surface area (Å²) in [6.45, 7) is 1.53. The van der Waals surface area contributed by atoms with Gasteiger partial charge < -0.3 is 4.98 Å². The van der Waals surface area contributed by atoms with Crippen molar-refractivity contribution in [3.63, 3.8) is 0 Å². The van der Waals surface area contributed by atoms with Crippen LogP contribution in [-0.4, -0.2) is 24.1 Å². The number of aromatic amines is 1. The van der Waals surface area contributed by atoms with E-state index in [4.69, 9.17) is 0 Å². The molecule has 1 aromatic heterocycles. The second-order valence-electron chi connectivity index (χ2n) is 6.69. The number of nitrogens with one attached hydrogen (secondary N) is 1. The Labute approximate surface area is 167 Å². The van der Waals surface area contributed by atoms with Gasteiger partial charge in [-0.15, -0.1) is 0 Å². The van der Waals surface area contributed by atoms with E-state index < -0.39 is 21.6 Å². The molecule has 148 valence electrons. The molecule has 0 unspecified atom stereocenters. The summed E-state index contributed by atoms with van der Waals surface area (Å²) in [4.78, 5) is 6.66. The Hall–Kier alpha value is -3.06. The predicted molar refractivity (Wildman–Crippen MR) is 109 cm³/mol. The van der Waals surface area contributed by atoms with E-state index in [0.717, 1.165) is 11.1 Å². The number of fused-ring (bicyclic) bond motifs is 1. The van der Waals surface area contributed by atoms with Gasteiger partial charge in [-0.1, -0.05) is 61.5 Å². The number of alkyl halides is 2. The average Bonchev–Trinajstić information content (AvgIpc) is 3.19. The standard InChI is InChI=1S/C22H18F2N2O2S/c1-2-29(27,28)18-12-13-19-20(14-18)26-21(25-19)22(23,24)17-10-8-16(9-11-17)15-6-4-3-5-7-15/h3-14H,2H2,1H3,(H,25,26). The number of imidazole rings is 1. The molecule has 0 amide bonds. The number of halogens is 2. The Morgan fingerprint density at radius 2 is 1.59 bits per heavy atom. The van der Waals surface area contributed by atoms with Crippen molar-refractivity contribution in [1.29, 1.82) is 0 Å². The first-order valence-electron chi connectivity index (χ1n) is 9.08. The third-order valence-electron chi connectivity index (χ3n) is 4.84. The lowest BCUT2D eigenvalue weighted by Gasteiger charge is -2.14. The minimum Gasteiger partial charge on any atom is -0.337 e. The van der Waals surface area contributed by atoms with Crippen LogP contribution < -0.4 is 0 Å². The molecule has 0 atom stereocenters. The molecule has 4 rings (SSSR count). The molecule has 0 fully saturated rings. The number of aromatic nitrogens is 2. The van der Waals surface area contributed by atoms with Crippen LogP contribution in [0.1, 0.15) is 18.3 Å². The highest BCUT2D eigenvalue weighted by Gasteiger charge is 2.37. The van der Waals surface area contributed by atoms with E-state index in [1.54, 1.807) is 12.1 Å². The number of rotatable bonds is 5. The Morgan fingerprint density at radius 3 is 2.24 bits per heavy atom. The number of hydrogen-bond donors (Lipinski definition) is 1. The van der Waals surface area contributed by atoms with Crippen molar-refractivity contribution >= 4 is 20.9 Å². The Bertz CT molecular complexity index is 1270. The monoisotopic (exact) mass is 412 g/mol. The van der Waals surface area contributed by atoms with Crippen molar-refractivity contribution in [3.05, 3.63) is 84.2 Å². The second-order valence-corrected chi connectivity index (χ2v) is 8.96. The zero-order valence-electron chi connectivity index (χ0n) is 15.6. The fourth-order valence-electron chi connectivity index (χ4n) is 3.14. The lowest BCUT2D eigenvalue weighted by atomic mass is 10.0. The van der Waals surface area contributed by atoms with E-state index in [2.05, 4.69) is 9.97 Å². The first-order valence-corrected chi connectivity index (χ1v) is 10.7. The van der Waals surface area contributed by atoms with Gasteiger partial charge in [0.2, 0.25) is 0 Å². The molecule has 0 saturated carbocycles. The number of hydrogen-bond acceptors (Lipinski definition) is 3. The maximum atomic E-state index is 15.0. The van der Waals surface area contributed by atoms with Crippen LogP contribution in [0.2, 0.25) is 0 Å². The molecule has 3 aromatic carbocycles. The van der Waals surface area contributed by atoms with Crippen molar-refractivity contribution in [2.45, 2.75) is 17.7 Å². The predicted octanol–water partition coefficient (Wildman–Crippen LogP) is 5.16. The summed E-state index contributed by atoms with van der Waals surface area (Å²) in [7, 11) is -3.43. The van der Waals surface area contributed by atoms with Gasteiger partial charge in [0.15, 0.2) is 15.7 Å². The summed E-state index contributed by atoms with van der Waals surface area (Å²) in [5.74, 6) is -3.94. The van der Waals surface area contributed by atoms with Crippen molar-refractivity contribution in [2.24, 2.45) is 0 Å². The van der Waals surface area contributed by atoms with E-state index in [1.807, 2.05) is 30.3 Å². The van der Waals surface area contributed by atoms with E-state index in [-0.39, 0.29) is 27.2 Å². The molecule has 0 aliphatic carbocycles. The van der Waals surface area contributed by atoms with Crippen LogP contribution in [0, 0.1) is 0 Å². The average molecular weight is 412 g/mol. The second kappa shape index (κ2) is 7.08. The maximum absolute atomic E-state index is 15.0. The molecule has 29 heavy (non-hydrogen) atoms. The normalized spacial score (nSPS) is 12.4. The number of nitrogens with zero attached hydrogens (tertiary/aromatic N) is 1. The zero-order chi connectivity index (χ0) is 20.6. The molecule has 7 heteroatoms. The molecule has 1 N–H and O–H groups in total. The van der Waals surface area contributed by atoms with Gasteiger partial charge in [0.05, 0.1) is 21.7 Å². The highest BCUT2D eigenvalue weighted by molar-refractivity contribution is 7.91. The Morgan fingerprint density at radius 1 is 0.931 bits per heavy atom. The van der Waals surface area contributed by atoms with Crippen molar-refractivity contribution in [1.82, 2.24) is 9.97 Å². The summed E-state index contributed by atoms with van der Waals surface area (Å²) >= 11 is 0. The molecule has 0 bridgehead atoms. The van der Waals surface area contributed by atoms with Gasteiger partial charge in [-0.3, -0.25) is 0 Å². The minimum atomic E-state index is -3.43. The van der Waals surface area contributed by atoms with Crippen LogP contribution in [0.5, 0.6) is 0 Å². The number of sulfone groups is 1. The quantitative estimate of drug-likeness (QED) is 0.492. The molecule has 1 heterocycles. The van der Waals surface area contributed by atoms with Gasteiger partial charge in [0.1, 0.15) is 0 Å². The Balaban J connectivity index is 1.70. The molecule has 0 aliphatic rings. The van der Waals surface area contributed by atoms with Crippen LogP contribution in [0.15, 0.2) is 77.7 Å². The van der Waals surface area contributed by atoms with Crippen LogP contribution in [0.4, 0.5) is 8.78 Å².